The fraction of sp³-hybridized carbons (Fsp3) is 0. The number of nitrogens with zero attached hydrogens (tertiary/aromatic N) is 1. The Morgan fingerprint density at radius 2 is 1.73 bits per heavy atom. The summed E-state index contributed by atoms with van der Waals surface area (Å²) in [6, 6.07) is 19.8. The quantitative estimate of drug-likeness (QED) is 0.342. The number of imidazole rings is 1. The Labute approximate surface area is 176 Å². The van der Waals surface area contributed by atoms with Gasteiger partial charge < -0.3 is 4.98 Å². The van der Waals surface area contributed by atoms with Gasteiger partial charge in [0, 0.05) is 16.8 Å². The van der Waals surface area contributed by atoms with E-state index in [-0.39, 0.29) is 17.3 Å². The van der Waals surface area contributed by atoms with Crippen molar-refractivity contribution in [1.29, 1.82) is 0 Å². The maximum Gasteiger partial charge on any atom is 0.330 e. The monoisotopic (exact) mass is 418 g/mol. The van der Waals surface area contributed by atoms with Gasteiger partial charge in [-0.25, -0.2) is 9.18 Å². The fourth-order valence-electron chi connectivity index (χ4n) is 3.01. The van der Waals surface area contributed by atoms with Gasteiger partial charge in [0.05, 0.1) is 11.4 Å². The largest absolute Gasteiger partial charge is 0.330 e. The SMILES string of the molecule is O=C(/C=C/c1ccc(Cl)cc1)c1cccc(-n2cc(-c3ccc(F)cc3)[nH]c2=O)c1. The van der Waals surface area contributed by atoms with Crippen LogP contribution in [0.15, 0.2) is 89.9 Å². The van der Waals surface area contributed by atoms with Crippen molar-refractivity contribution in [2.45, 2.75) is 0 Å². The first-order valence-electron chi connectivity index (χ1n) is 9.16. The standard InChI is InChI=1S/C24H16ClFN2O2/c25-19-9-4-16(5-10-19)6-13-23(29)18-2-1-3-21(14-18)28-15-22(27-24(28)30)17-7-11-20(26)12-8-17/h1-15H,(H,27,30)/b13-6+. The van der Waals surface area contributed by atoms with Crippen molar-refractivity contribution >= 4 is 23.5 Å². The molecule has 0 saturated heterocycles. The van der Waals surface area contributed by atoms with Crippen LogP contribution in [0.3, 0.4) is 0 Å². The third-order valence-electron chi connectivity index (χ3n) is 4.58. The van der Waals surface area contributed by atoms with E-state index >= 15 is 0 Å². The number of rotatable bonds is 5. The molecule has 0 aliphatic heterocycles. The van der Waals surface area contributed by atoms with E-state index in [0.717, 1.165) is 5.56 Å². The molecular weight excluding hydrogens is 403 g/mol. The lowest BCUT2D eigenvalue weighted by Crippen LogP contribution is -2.14. The number of halogens is 2. The molecular formula is C24H16ClFN2O2. The molecule has 1 N–H and O–H groups in total. The summed E-state index contributed by atoms with van der Waals surface area (Å²) in [7, 11) is 0. The van der Waals surface area contributed by atoms with Crippen LogP contribution in [-0.4, -0.2) is 15.3 Å². The van der Waals surface area contributed by atoms with Gasteiger partial charge in [-0.15, -0.1) is 0 Å². The van der Waals surface area contributed by atoms with Crippen molar-refractivity contribution in [1.82, 2.24) is 9.55 Å². The van der Waals surface area contributed by atoms with Crippen molar-refractivity contribution in [3.63, 3.8) is 0 Å². The molecule has 0 amide bonds. The van der Waals surface area contributed by atoms with Crippen LogP contribution in [0.5, 0.6) is 0 Å². The highest BCUT2D eigenvalue weighted by molar-refractivity contribution is 6.30. The van der Waals surface area contributed by atoms with Crippen LogP contribution in [0, 0.1) is 5.82 Å². The van der Waals surface area contributed by atoms with Gasteiger partial charge >= 0.3 is 5.69 Å². The molecule has 0 spiro atoms. The van der Waals surface area contributed by atoms with Crippen molar-refractivity contribution < 1.29 is 9.18 Å². The topological polar surface area (TPSA) is 54.9 Å². The maximum absolute atomic E-state index is 13.1. The highest BCUT2D eigenvalue weighted by atomic mass is 35.5. The molecule has 0 bridgehead atoms. The Balaban J connectivity index is 1.60. The minimum absolute atomic E-state index is 0.186. The zero-order chi connectivity index (χ0) is 21.1. The molecule has 0 aliphatic rings. The molecule has 1 heterocycles. The summed E-state index contributed by atoms with van der Waals surface area (Å²) in [5.41, 5.74) is 2.75. The summed E-state index contributed by atoms with van der Waals surface area (Å²) in [6.07, 6.45) is 4.81. The lowest BCUT2D eigenvalue weighted by atomic mass is 10.1. The number of nitrogens with one attached hydrogen (secondary N) is 1. The van der Waals surface area contributed by atoms with Crippen molar-refractivity contribution in [2.75, 3.05) is 0 Å². The first-order chi connectivity index (χ1) is 14.5. The van der Waals surface area contributed by atoms with Crippen molar-refractivity contribution in [3.8, 4) is 16.9 Å². The summed E-state index contributed by atoms with van der Waals surface area (Å²) >= 11 is 5.87. The zero-order valence-corrected chi connectivity index (χ0v) is 16.4. The summed E-state index contributed by atoms with van der Waals surface area (Å²) in [5.74, 6) is -0.535. The van der Waals surface area contributed by atoms with Crippen LogP contribution in [-0.2, 0) is 0 Å². The average Bonchev–Trinajstić information content (AvgIpc) is 3.15. The predicted octanol–water partition coefficient (Wildman–Crippen LogP) is 5.52. The van der Waals surface area contributed by atoms with Gasteiger partial charge in [-0.1, -0.05) is 41.9 Å². The van der Waals surface area contributed by atoms with E-state index < -0.39 is 0 Å². The van der Waals surface area contributed by atoms with E-state index in [1.54, 1.807) is 60.8 Å². The van der Waals surface area contributed by atoms with Crippen molar-refractivity contribution in [3.05, 3.63) is 118 Å². The number of aromatic nitrogens is 2. The van der Waals surface area contributed by atoms with E-state index in [1.165, 1.54) is 22.8 Å². The highest BCUT2D eigenvalue weighted by Crippen LogP contribution is 2.19. The summed E-state index contributed by atoms with van der Waals surface area (Å²) < 4.78 is 14.6. The van der Waals surface area contributed by atoms with E-state index in [2.05, 4.69) is 4.98 Å². The fourth-order valence-corrected chi connectivity index (χ4v) is 3.14. The molecule has 0 unspecified atom stereocenters. The van der Waals surface area contributed by atoms with Gasteiger partial charge in [0.15, 0.2) is 5.78 Å². The second kappa shape index (κ2) is 8.35. The third-order valence-corrected chi connectivity index (χ3v) is 4.83. The molecule has 4 rings (SSSR count). The van der Waals surface area contributed by atoms with Gasteiger partial charge in [-0.3, -0.25) is 9.36 Å². The van der Waals surface area contributed by atoms with Gasteiger partial charge in [-0.05, 0) is 65.7 Å². The normalized spacial score (nSPS) is 11.1. The number of ketones is 1. The molecule has 1 aromatic heterocycles. The molecule has 4 nitrogen and oxygen atoms in total. The van der Waals surface area contributed by atoms with Crippen LogP contribution in [0.25, 0.3) is 23.0 Å². The molecule has 0 atom stereocenters. The first kappa shape index (κ1) is 19.6. The molecule has 30 heavy (non-hydrogen) atoms. The van der Waals surface area contributed by atoms with E-state index in [0.29, 0.717) is 27.5 Å². The Hall–Kier alpha value is -3.70. The van der Waals surface area contributed by atoms with Gasteiger partial charge in [-0.2, -0.15) is 0 Å². The summed E-state index contributed by atoms with van der Waals surface area (Å²) in [6.45, 7) is 0. The van der Waals surface area contributed by atoms with Crippen molar-refractivity contribution in [2.24, 2.45) is 0 Å². The molecule has 0 radical (unpaired) electrons. The molecule has 148 valence electrons. The maximum atomic E-state index is 13.1. The minimum Gasteiger partial charge on any atom is -0.305 e. The number of carbonyl (C=O) groups excluding carboxylic acids is 1. The number of carbonyl (C=O) groups is 1. The number of benzene rings is 3. The lowest BCUT2D eigenvalue weighted by Gasteiger charge is -2.03. The van der Waals surface area contributed by atoms with Crippen LogP contribution in [0.1, 0.15) is 15.9 Å². The second-order valence-electron chi connectivity index (χ2n) is 6.65. The van der Waals surface area contributed by atoms with E-state index in [1.807, 2.05) is 12.1 Å². The Bertz CT molecular complexity index is 1290. The summed E-state index contributed by atoms with van der Waals surface area (Å²) in [4.78, 5) is 27.7. The van der Waals surface area contributed by atoms with Crippen LogP contribution >= 0.6 is 11.6 Å². The number of hydrogen-bond donors (Lipinski definition) is 1. The lowest BCUT2D eigenvalue weighted by molar-refractivity contribution is 0.104. The molecule has 4 aromatic rings. The van der Waals surface area contributed by atoms with Crippen LogP contribution in [0.2, 0.25) is 5.02 Å². The Morgan fingerprint density at radius 3 is 2.47 bits per heavy atom. The minimum atomic E-state index is -0.351. The van der Waals surface area contributed by atoms with Gasteiger partial charge in [0.1, 0.15) is 5.82 Å². The zero-order valence-electron chi connectivity index (χ0n) is 15.7. The highest BCUT2D eigenvalue weighted by Gasteiger charge is 2.09. The summed E-state index contributed by atoms with van der Waals surface area (Å²) in [5, 5.41) is 0.628. The van der Waals surface area contributed by atoms with Gasteiger partial charge in [0.2, 0.25) is 0 Å². The predicted molar refractivity (Wildman–Crippen MR) is 117 cm³/mol. The first-order valence-corrected chi connectivity index (χ1v) is 9.53. The molecule has 0 aliphatic carbocycles. The molecule has 3 aromatic carbocycles. The average molecular weight is 419 g/mol. The van der Waals surface area contributed by atoms with E-state index in [9.17, 15) is 14.0 Å². The number of hydrogen-bond acceptors (Lipinski definition) is 2. The molecule has 0 fully saturated rings. The van der Waals surface area contributed by atoms with Gasteiger partial charge in [0.25, 0.3) is 0 Å². The molecule has 6 heteroatoms. The van der Waals surface area contributed by atoms with Crippen LogP contribution in [0.4, 0.5) is 4.39 Å². The van der Waals surface area contributed by atoms with E-state index in [4.69, 9.17) is 11.6 Å². The number of allylic oxidation sites excluding steroid dienone is 1. The smallest absolute Gasteiger partial charge is 0.305 e. The number of aromatic amines is 1. The Kier molecular flexibility index (Phi) is 5.46. The number of H-pyrrole nitrogens is 1. The Morgan fingerprint density at radius 1 is 1.00 bits per heavy atom. The van der Waals surface area contributed by atoms with Crippen LogP contribution < -0.4 is 5.69 Å². The third kappa shape index (κ3) is 4.31. The second-order valence-corrected chi connectivity index (χ2v) is 7.09. The molecule has 0 saturated carbocycles.